The average molecular weight is 291 g/mol. The van der Waals surface area contributed by atoms with E-state index in [0.717, 1.165) is 24.2 Å². The van der Waals surface area contributed by atoms with Crippen molar-refractivity contribution in [1.82, 2.24) is 9.97 Å². The average Bonchev–Trinajstić information content (AvgIpc) is 2.98. The molecule has 0 saturated heterocycles. The van der Waals surface area contributed by atoms with Crippen LogP contribution in [0.15, 0.2) is 23.8 Å². The van der Waals surface area contributed by atoms with E-state index in [4.69, 9.17) is 5.84 Å². The summed E-state index contributed by atoms with van der Waals surface area (Å²) in [5.41, 5.74) is 3.70. The first kappa shape index (κ1) is 14.7. The van der Waals surface area contributed by atoms with Gasteiger partial charge in [0.2, 0.25) is 0 Å². The van der Waals surface area contributed by atoms with Crippen LogP contribution in [0.25, 0.3) is 0 Å². The predicted molar refractivity (Wildman–Crippen MR) is 85.1 cm³/mol. The molecule has 0 aromatic carbocycles. The highest BCUT2D eigenvalue weighted by molar-refractivity contribution is 7.09. The summed E-state index contributed by atoms with van der Waals surface area (Å²) in [6.45, 7) is 4.29. The first-order valence-corrected chi connectivity index (χ1v) is 7.61. The maximum atomic E-state index is 5.52. The Hall–Kier alpha value is -1.66. The molecule has 0 radical (unpaired) electrons. The molecule has 2 rings (SSSR count). The zero-order chi connectivity index (χ0) is 14.5. The molecule has 0 bridgehead atoms. The largest absolute Gasteiger partial charge is 0.356 e. The Bertz CT molecular complexity index is 541. The number of hydrazine groups is 1. The summed E-state index contributed by atoms with van der Waals surface area (Å²) in [6, 6.07) is 4.62. The third-order valence-corrected chi connectivity index (χ3v) is 4.38. The molecule has 0 aliphatic carbocycles. The molecule has 0 spiro atoms. The number of hydrogen-bond donors (Lipinski definition) is 2. The molecular formula is C14H21N5S. The smallest absolute Gasteiger partial charge is 0.148 e. The van der Waals surface area contributed by atoms with E-state index >= 15 is 0 Å². The monoisotopic (exact) mass is 291 g/mol. The van der Waals surface area contributed by atoms with Crippen LogP contribution in [0.1, 0.15) is 24.3 Å². The molecule has 0 aliphatic rings. The van der Waals surface area contributed by atoms with Gasteiger partial charge < -0.3 is 10.3 Å². The van der Waals surface area contributed by atoms with Crippen LogP contribution in [-0.2, 0) is 12.8 Å². The Morgan fingerprint density at radius 2 is 2.25 bits per heavy atom. The molecule has 0 amide bonds. The third-order valence-electron chi connectivity index (χ3n) is 3.48. The maximum Gasteiger partial charge on any atom is 0.148 e. The lowest BCUT2D eigenvalue weighted by molar-refractivity contribution is 0.675. The van der Waals surface area contributed by atoms with Crippen molar-refractivity contribution in [3.8, 4) is 0 Å². The Balaban J connectivity index is 2.21. The van der Waals surface area contributed by atoms with Gasteiger partial charge in [0, 0.05) is 30.0 Å². The minimum atomic E-state index is 0.361. The number of thiophene rings is 1. The van der Waals surface area contributed by atoms with Crippen molar-refractivity contribution in [3.63, 3.8) is 0 Å². The van der Waals surface area contributed by atoms with Gasteiger partial charge >= 0.3 is 0 Å². The summed E-state index contributed by atoms with van der Waals surface area (Å²) in [6.07, 6.45) is 3.40. The van der Waals surface area contributed by atoms with Crippen LogP contribution < -0.4 is 16.2 Å². The van der Waals surface area contributed by atoms with Crippen molar-refractivity contribution in [2.45, 2.75) is 32.7 Å². The zero-order valence-electron chi connectivity index (χ0n) is 12.1. The number of hydrogen-bond acceptors (Lipinski definition) is 6. The number of nitrogens with zero attached hydrogens (tertiary/aromatic N) is 3. The van der Waals surface area contributed by atoms with Crippen LogP contribution >= 0.6 is 11.3 Å². The highest BCUT2D eigenvalue weighted by Crippen LogP contribution is 2.25. The Morgan fingerprint density at radius 1 is 1.45 bits per heavy atom. The van der Waals surface area contributed by atoms with Gasteiger partial charge in [-0.1, -0.05) is 13.0 Å². The molecule has 2 heterocycles. The SMILES string of the molecule is CCc1c(NN)ncnc1N(C)C(C)Cc1cccs1. The molecule has 0 fully saturated rings. The van der Waals surface area contributed by atoms with E-state index in [2.05, 4.69) is 58.7 Å². The fraction of sp³-hybridized carbons (Fsp3) is 0.429. The minimum absolute atomic E-state index is 0.361. The van der Waals surface area contributed by atoms with Gasteiger partial charge in [-0.05, 0) is 24.8 Å². The van der Waals surface area contributed by atoms with Crippen LogP contribution in [0.5, 0.6) is 0 Å². The summed E-state index contributed by atoms with van der Waals surface area (Å²) in [5, 5.41) is 2.11. The van der Waals surface area contributed by atoms with Crippen LogP contribution in [0.3, 0.4) is 0 Å². The maximum absolute atomic E-state index is 5.52. The van der Waals surface area contributed by atoms with Gasteiger partial charge in [-0.2, -0.15) is 0 Å². The highest BCUT2D eigenvalue weighted by Gasteiger charge is 2.17. The number of aromatic nitrogens is 2. The molecule has 5 nitrogen and oxygen atoms in total. The number of likely N-dealkylation sites (N-methyl/N-ethyl adjacent to an activating group) is 1. The lowest BCUT2D eigenvalue weighted by Gasteiger charge is -2.28. The van der Waals surface area contributed by atoms with Crippen molar-refractivity contribution < 1.29 is 0 Å². The minimum Gasteiger partial charge on any atom is -0.356 e. The molecule has 20 heavy (non-hydrogen) atoms. The first-order valence-electron chi connectivity index (χ1n) is 6.73. The quantitative estimate of drug-likeness (QED) is 0.632. The van der Waals surface area contributed by atoms with Crippen molar-refractivity contribution in [2.24, 2.45) is 5.84 Å². The molecule has 2 aromatic heterocycles. The van der Waals surface area contributed by atoms with Crippen molar-refractivity contribution in [3.05, 3.63) is 34.3 Å². The van der Waals surface area contributed by atoms with E-state index < -0.39 is 0 Å². The second kappa shape index (κ2) is 6.67. The van der Waals surface area contributed by atoms with Gasteiger partial charge in [0.15, 0.2) is 0 Å². The second-order valence-electron chi connectivity index (χ2n) is 4.77. The van der Waals surface area contributed by atoms with E-state index in [9.17, 15) is 0 Å². The Morgan fingerprint density at radius 3 is 2.85 bits per heavy atom. The fourth-order valence-electron chi connectivity index (χ4n) is 2.22. The van der Waals surface area contributed by atoms with Gasteiger partial charge in [0.25, 0.3) is 0 Å². The lowest BCUT2D eigenvalue weighted by Crippen LogP contribution is -2.32. The number of nitrogens with two attached hydrogens (primary N) is 1. The van der Waals surface area contributed by atoms with Gasteiger partial charge in [0.1, 0.15) is 18.0 Å². The van der Waals surface area contributed by atoms with E-state index in [1.54, 1.807) is 17.7 Å². The van der Waals surface area contributed by atoms with Gasteiger partial charge in [0.05, 0.1) is 0 Å². The summed E-state index contributed by atoms with van der Waals surface area (Å²) >= 11 is 1.79. The first-order chi connectivity index (χ1) is 9.67. The molecule has 2 aromatic rings. The van der Waals surface area contributed by atoms with E-state index in [-0.39, 0.29) is 0 Å². The summed E-state index contributed by atoms with van der Waals surface area (Å²) in [4.78, 5) is 12.2. The Kier molecular flexibility index (Phi) is 4.92. The van der Waals surface area contributed by atoms with E-state index in [1.807, 2.05) is 0 Å². The molecule has 1 unspecified atom stereocenters. The molecule has 108 valence electrons. The van der Waals surface area contributed by atoms with Crippen molar-refractivity contribution >= 4 is 23.0 Å². The van der Waals surface area contributed by atoms with Gasteiger partial charge in [-0.3, -0.25) is 0 Å². The predicted octanol–water partition coefficient (Wildman–Crippen LogP) is 2.45. The zero-order valence-corrected chi connectivity index (χ0v) is 12.9. The Labute approximate surface area is 123 Å². The van der Waals surface area contributed by atoms with Gasteiger partial charge in [-0.15, -0.1) is 11.3 Å². The van der Waals surface area contributed by atoms with Crippen LogP contribution in [0.2, 0.25) is 0 Å². The van der Waals surface area contributed by atoms with Crippen molar-refractivity contribution in [2.75, 3.05) is 17.4 Å². The van der Waals surface area contributed by atoms with E-state index in [0.29, 0.717) is 11.9 Å². The number of rotatable bonds is 6. The molecule has 0 aliphatic heterocycles. The summed E-state index contributed by atoms with van der Waals surface area (Å²) in [5.74, 6) is 7.17. The highest BCUT2D eigenvalue weighted by atomic mass is 32.1. The molecule has 0 saturated carbocycles. The molecule has 3 N–H and O–H groups in total. The summed E-state index contributed by atoms with van der Waals surface area (Å²) < 4.78 is 0. The standard InChI is InChI=1S/C14H21N5S/c1-4-12-13(18-15)16-9-17-14(12)19(3)10(2)8-11-6-5-7-20-11/h5-7,9-10H,4,8,15H2,1-3H3,(H,16,17,18). The summed E-state index contributed by atoms with van der Waals surface area (Å²) in [7, 11) is 2.07. The van der Waals surface area contributed by atoms with E-state index in [1.165, 1.54) is 4.88 Å². The number of anilines is 2. The molecule has 1 atom stereocenters. The lowest BCUT2D eigenvalue weighted by atomic mass is 10.1. The second-order valence-corrected chi connectivity index (χ2v) is 5.80. The topological polar surface area (TPSA) is 67.1 Å². The van der Waals surface area contributed by atoms with Crippen LogP contribution in [0, 0.1) is 0 Å². The normalized spacial score (nSPS) is 12.2. The van der Waals surface area contributed by atoms with Crippen LogP contribution in [0.4, 0.5) is 11.6 Å². The van der Waals surface area contributed by atoms with Crippen molar-refractivity contribution in [1.29, 1.82) is 0 Å². The third kappa shape index (κ3) is 3.08. The number of nitrogen functional groups attached to an aromatic ring is 1. The molecular weight excluding hydrogens is 270 g/mol. The number of nitrogens with one attached hydrogen (secondary N) is 1. The van der Waals surface area contributed by atoms with Gasteiger partial charge in [-0.25, -0.2) is 15.8 Å². The van der Waals surface area contributed by atoms with Crippen LogP contribution in [-0.4, -0.2) is 23.1 Å². The molecule has 6 heteroatoms. The fourth-order valence-corrected chi connectivity index (χ4v) is 3.05.